The van der Waals surface area contributed by atoms with E-state index in [9.17, 15) is 8.78 Å². The first kappa shape index (κ1) is 13.0. The quantitative estimate of drug-likeness (QED) is 0.589. The summed E-state index contributed by atoms with van der Waals surface area (Å²) in [6.07, 6.45) is 1.23. The Balaban J connectivity index is 2.41. The monoisotopic (exact) mass is 245 g/mol. The lowest BCUT2D eigenvalue weighted by Crippen LogP contribution is -1.98. The molecule has 1 aromatic rings. The van der Waals surface area contributed by atoms with Gasteiger partial charge in [-0.15, -0.1) is 5.10 Å². The number of rotatable bonds is 5. The number of thioether (sulfide) groups is 1. The van der Waals surface area contributed by atoms with E-state index >= 15 is 0 Å². The summed E-state index contributed by atoms with van der Waals surface area (Å²) in [4.78, 5) is 4.10. The molecule has 0 N–H and O–H groups in total. The Hall–Kier alpha value is -1.04. The Morgan fingerprint density at radius 2 is 2.19 bits per heavy atom. The molecule has 0 amide bonds. The Morgan fingerprint density at radius 3 is 2.69 bits per heavy atom. The lowest BCUT2D eigenvalue weighted by molar-refractivity contribution is 0.418. The highest BCUT2D eigenvalue weighted by Gasteiger charge is 2.03. The van der Waals surface area contributed by atoms with Crippen LogP contribution in [0.5, 0.6) is 0 Å². The number of aromatic nitrogens is 3. The summed E-state index contributed by atoms with van der Waals surface area (Å²) in [6.45, 7) is 4.01. The molecule has 0 bridgehead atoms. The molecule has 0 unspecified atom stereocenters. The zero-order chi connectivity index (χ0) is 12.0. The van der Waals surface area contributed by atoms with Gasteiger partial charge in [-0.25, -0.2) is 4.98 Å². The van der Waals surface area contributed by atoms with Gasteiger partial charge < -0.3 is 0 Å². The van der Waals surface area contributed by atoms with Crippen LogP contribution in [0.4, 0.5) is 8.78 Å². The fourth-order valence-corrected chi connectivity index (χ4v) is 1.57. The predicted molar refractivity (Wildman–Crippen MR) is 59.6 cm³/mol. The molecule has 3 nitrogen and oxygen atoms in total. The van der Waals surface area contributed by atoms with E-state index < -0.39 is 6.08 Å². The molecule has 0 atom stereocenters. The van der Waals surface area contributed by atoms with Crippen molar-refractivity contribution in [1.29, 1.82) is 0 Å². The van der Waals surface area contributed by atoms with E-state index in [4.69, 9.17) is 0 Å². The Kier molecular flexibility index (Phi) is 5.31. The number of hydrogen-bond donors (Lipinski definition) is 0. The van der Waals surface area contributed by atoms with Crippen molar-refractivity contribution in [2.24, 2.45) is 0 Å². The van der Waals surface area contributed by atoms with Crippen LogP contribution in [0.3, 0.4) is 0 Å². The van der Waals surface area contributed by atoms with Gasteiger partial charge in [-0.2, -0.15) is 13.9 Å². The van der Waals surface area contributed by atoms with Crippen molar-refractivity contribution in [3.63, 3.8) is 0 Å². The van der Waals surface area contributed by atoms with Crippen LogP contribution in [0.25, 0.3) is 0 Å². The minimum Gasteiger partial charge on any atom is -0.228 e. The second-order valence-electron chi connectivity index (χ2n) is 3.45. The van der Waals surface area contributed by atoms with E-state index in [1.807, 2.05) is 13.8 Å². The lowest BCUT2D eigenvalue weighted by Gasteiger charge is -2.02. The third kappa shape index (κ3) is 4.65. The van der Waals surface area contributed by atoms with Gasteiger partial charge in [-0.05, 0) is 18.4 Å². The van der Waals surface area contributed by atoms with Crippen LogP contribution in [0.1, 0.15) is 31.9 Å². The third-order valence-electron chi connectivity index (χ3n) is 1.80. The van der Waals surface area contributed by atoms with Crippen molar-refractivity contribution < 1.29 is 8.78 Å². The average molecular weight is 245 g/mol. The van der Waals surface area contributed by atoms with Crippen molar-refractivity contribution in [2.45, 2.75) is 31.3 Å². The zero-order valence-corrected chi connectivity index (χ0v) is 9.97. The number of hydrogen-bond acceptors (Lipinski definition) is 4. The average Bonchev–Trinajstić information content (AvgIpc) is 2.25. The van der Waals surface area contributed by atoms with Gasteiger partial charge in [0, 0.05) is 5.75 Å². The Morgan fingerprint density at radius 1 is 1.44 bits per heavy atom. The largest absolute Gasteiger partial charge is 0.266 e. The summed E-state index contributed by atoms with van der Waals surface area (Å²) in [5.41, 5.74) is 0.832. The second kappa shape index (κ2) is 6.52. The molecule has 0 aliphatic carbocycles. The van der Waals surface area contributed by atoms with E-state index in [2.05, 4.69) is 15.2 Å². The van der Waals surface area contributed by atoms with Gasteiger partial charge in [0.15, 0.2) is 0 Å². The van der Waals surface area contributed by atoms with Gasteiger partial charge in [0.2, 0.25) is 5.16 Å². The summed E-state index contributed by atoms with van der Waals surface area (Å²) >= 11 is 1.32. The van der Waals surface area contributed by atoms with E-state index in [0.29, 0.717) is 23.2 Å². The second-order valence-corrected chi connectivity index (χ2v) is 4.51. The number of halogens is 2. The van der Waals surface area contributed by atoms with Crippen molar-refractivity contribution in [2.75, 3.05) is 5.75 Å². The standard InChI is InChI=1S/C10H13F2N3S/c1-7(2)8-6-13-10(15-14-8)16-5-3-4-9(11)12/h4,6-7H,3,5H2,1-2H3. The van der Waals surface area contributed by atoms with Crippen LogP contribution in [0.15, 0.2) is 23.5 Å². The van der Waals surface area contributed by atoms with E-state index in [1.54, 1.807) is 6.20 Å². The number of allylic oxidation sites excluding steroid dienone is 1. The minimum atomic E-state index is -1.64. The molecule has 0 spiro atoms. The van der Waals surface area contributed by atoms with Crippen LogP contribution in [0.2, 0.25) is 0 Å². The maximum atomic E-state index is 11.7. The predicted octanol–water partition coefficient (Wildman–Crippen LogP) is 3.26. The van der Waals surface area contributed by atoms with Crippen molar-refractivity contribution in [1.82, 2.24) is 15.2 Å². The summed E-state index contributed by atoms with van der Waals surface area (Å²) < 4.78 is 23.4. The molecular weight excluding hydrogens is 232 g/mol. The maximum Gasteiger partial charge on any atom is 0.266 e. The molecule has 0 saturated carbocycles. The maximum absolute atomic E-state index is 11.7. The van der Waals surface area contributed by atoms with Crippen molar-refractivity contribution in [3.05, 3.63) is 24.0 Å². The molecule has 16 heavy (non-hydrogen) atoms. The topological polar surface area (TPSA) is 38.7 Å². The van der Waals surface area contributed by atoms with E-state index in [0.717, 1.165) is 11.8 Å². The first-order chi connectivity index (χ1) is 7.59. The van der Waals surface area contributed by atoms with Gasteiger partial charge in [0.05, 0.1) is 11.9 Å². The molecular formula is C10H13F2N3S. The van der Waals surface area contributed by atoms with Gasteiger partial charge in [-0.3, -0.25) is 0 Å². The van der Waals surface area contributed by atoms with Crippen LogP contribution in [0, 0.1) is 0 Å². The molecule has 88 valence electrons. The van der Waals surface area contributed by atoms with Gasteiger partial charge in [-0.1, -0.05) is 25.6 Å². The van der Waals surface area contributed by atoms with Gasteiger partial charge in [0.25, 0.3) is 6.08 Å². The molecule has 0 radical (unpaired) electrons. The van der Waals surface area contributed by atoms with Crippen LogP contribution in [-0.4, -0.2) is 20.9 Å². The zero-order valence-electron chi connectivity index (χ0n) is 9.15. The van der Waals surface area contributed by atoms with Crippen LogP contribution >= 0.6 is 11.8 Å². The van der Waals surface area contributed by atoms with Gasteiger partial charge >= 0.3 is 0 Å². The van der Waals surface area contributed by atoms with Crippen LogP contribution < -0.4 is 0 Å². The minimum absolute atomic E-state index is 0.294. The summed E-state index contributed by atoms with van der Waals surface area (Å²) in [7, 11) is 0. The molecule has 1 aromatic heterocycles. The molecule has 6 heteroatoms. The first-order valence-corrected chi connectivity index (χ1v) is 5.91. The summed E-state index contributed by atoms with van der Waals surface area (Å²) in [5, 5.41) is 8.43. The summed E-state index contributed by atoms with van der Waals surface area (Å²) in [5.74, 6) is 0.822. The lowest BCUT2D eigenvalue weighted by atomic mass is 10.2. The normalized spacial score (nSPS) is 10.6. The fourth-order valence-electron chi connectivity index (χ4n) is 0.922. The van der Waals surface area contributed by atoms with Gasteiger partial charge in [0.1, 0.15) is 0 Å². The molecule has 0 aliphatic rings. The van der Waals surface area contributed by atoms with E-state index in [1.165, 1.54) is 11.8 Å². The summed E-state index contributed by atoms with van der Waals surface area (Å²) in [6, 6.07) is 0. The number of nitrogens with zero attached hydrogens (tertiary/aromatic N) is 3. The first-order valence-electron chi connectivity index (χ1n) is 4.93. The Labute approximate surface area is 97.4 Å². The molecule has 0 aromatic carbocycles. The van der Waals surface area contributed by atoms with E-state index in [-0.39, 0.29) is 0 Å². The highest BCUT2D eigenvalue weighted by Crippen LogP contribution is 2.15. The molecule has 0 fully saturated rings. The van der Waals surface area contributed by atoms with Crippen LogP contribution in [-0.2, 0) is 0 Å². The van der Waals surface area contributed by atoms with Crippen molar-refractivity contribution >= 4 is 11.8 Å². The highest BCUT2D eigenvalue weighted by atomic mass is 32.2. The smallest absolute Gasteiger partial charge is 0.228 e. The molecule has 1 rings (SSSR count). The third-order valence-corrected chi connectivity index (χ3v) is 2.68. The Bertz CT molecular complexity index is 348. The van der Waals surface area contributed by atoms with Crippen molar-refractivity contribution in [3.8, 4) is 0 Å². The highest BCUT2D eigenvalue weighted by molar-refractivity contribution is 7.99. The molecule has 0 aliphatic heterocycles. The SMILES string of the molecule is CC(C)c1cnc(SCCC=C(F)F)nn1. The molecule has 1 heterocycles. The molecule has 0 saturated heterocycles. The fraction of sp³-hybridized carbons (Fsp3) is 0.500.